The van der Waals surface area contributed by atoms with E-state index in [2.05, 4.69) is 110 Å². The Hall–Kier alpha value is -1.21. The predicted molar refractivity (Wildman–Crippen MR) is 146 cm³/mol. The van der Waals surface area contributed by atoms with Crippen LogP contribution in [0.15, 0.2) is 42.5 Å². The van der Waals surface area contributed by atoms with Gasteiger partial charge in [-0.2, -0.15) is 0 Å². The zero-order valence-corrected chi connectivity index (χ0v) is 23.0. The van der Waals surface area contributed by atoms with Crippen LogP contribution in [-0.4, -0.2) is 17.8 Å². The van der Waals surface area contributed by atoms with Gasteiger partial charge in [-0.3, -0.25) is 0 Å². The molecule has 2 aromatic rings. The largest absolute Gasteiger partial charge is 0.236 e. The molecule has 0 aromatic heterocycles. The van der Waals surface area contributed by atoms with Crippen molar-refractivity contribution in [3.05, 3.63) is 59.2 Å². The summed E-state index contributed by atoms with van der Waals surface area (Å²) in [4.78, 5) is 0. The van der Waals surface area contributed by atoms with Crippen molar-refractivity contribution < 1.29 is 0 Å². The van der Waals surface area contributed by atoms with Gasteiger partial charge < -0.3 is 0 Å². The van der Waals surface area contributed by atoms with E-state index in [0.29, 0.717) is 0 Å². The molecule has 0 radical (unpaired) electrons. The lowest BCUT2D eigenvalue weighted by Gasteiger charge is -2.50. The van der Waals surface area contributed by atoms with Crippen molar-refractivity contribution in [1.29, 1.82) is 0 Å². The van der Waals surface area contributed by atoms with Gasteiger partial charge in [-0.05, 0) is 87.0 Å². The average molecular weight is 451 g/mol. The summed E-state index contributed by atoms with van der Waals surface area (Å²) in [5.41, 5.74) is 7.78. The van der Waals surface area contributed by atoms with Crippen LogP contribution in [0.4, 0.5) is 0 Å². The highest BCUT2D eigenvalue weighted by Crippen LogP contribution is 2.70. The van der Waals surface area contributed by atoms with Crippen LogP contribution in [-0.2, 0) is 11.8 Å². The summed E-state index contributed by atoms with van der Waals surface area (Å²) in [6.45, 7) is 19.5. The van der Waals surface area contributed by atoms with Gasteiger partial charge in [0.2, 0.25) is 0 Å². The molecule has 1 saturated carbocycles. The maximum Gasteiger partial charge on any atom is 0.0170 e. The molecule has 2 aliphatic rings. The maximum atomic E-state index is 2.68. The summed E-state index contributed by atoms with van der Waals surface area (Å²) in [5.74, 6) is 4.07. The number of fused-ring (bicyclic) bond motifs is 1. The Labute approximate surface area is 199 Å². The maximum absolute atomic E-state index is 2.68. The van der Waals surface area contributed by atoms with Crippen molar-refractivity contribution in [2.75, 3.05) is 12.5 Å². The topological polar surface area (TPSA) is 0 Å². The van der Waals surface area contributed by atoms with Gasteiger partial charge in [0, 0.05) is 5.25 Å². The minimum atomic E-state index is -0.790. The first-order valence-electron chi connectivity index (χ1n) is 12.8. The van der Waals surface area contributed by atoms with Gasteiger partial charge in [0.05, 0.1) is 0 Å². The van der Waals surface area contributed by atoms with E-state index in [1.807, 2.05) is 0 Å². The van der Waals surface area contributed by atoms with Crippen molar-refractivity contribution in [3.8, 4) is 11.1 Å². The second-order valence-corrected chi connectivity index (χ2v) is 16.7. The smallest absolute Gasteiger partial charge is 0.0170 e. The SMILES string of the molecule is CC1Cc2c(-c3ccc(C(C)(C)C)cc3)cccc2C1S(C)(C)C1C(C)C(C)C(C)C1C. The summed E-state index contributed by atoms with van der Waals surface area (Å²) >= 11 is 0. The molecule has 1 heteroatoms. The first-order chi connectivity index (χ1) is 14.9. The van der Waals surface area contributed by atoms with Crippen molar-refractivity contribution in [2.24, 2.45) is 29.6 Å². The van der Waals surface area contributed by atoms with Gasteiger partial charge in [0.15, 0.2) is 0 Å². The van der Waals surface area contributed by atoms with E-state index in [9.17, 15) is 0 Å². The van der Waals surface area contributed by atoms with Gasteiger partial charge in [-0.15, -0.1) is 0 Å². The van der Waals surface area contributed by atoms with Crippen LogP contribution in [0.1, 0.15) is 77.3 Å². The number of hydrogen-bond acceptors (Lipinski definition) is 0. The summed E-state index contributed by atoms with van der Waals surface area (Å²) < 4.78 is 0. The van der Waals surface area contributed by atoms with Crippen LogP contribution in [0.2, 0.25) is 0 Å². The number of benzene rings is 2. The van der Waals surface area contributed by atoms with Crippen LogP contribution in [0, 0.1) is 29.6 Å². The monoisotopic (exact) mass is 450 g/mol. The van der Waals surface area contributed by atoms with Crippen molar-refractivity contribution in [1.82, 2.24) is 0 Å². The zero-order valence-electron chi connectivity index (χ0n) is 22.2. The first kappa shape index (κ1) is 23.9. The Morgan fingerprint density at radius 1 is 0.750 bits per heavy atom. The van der Waals surface area contributed by atoms with Crippen LogP contribution < -0.4 is 0 Å². The number of hydrogen-bond donors (Lipinski definition) is 0. The molecular formula is C31H46S. The third-order valence-corrected chi connectivity index (χ3v) is 13.8. The fraction of sp³-hybridized carbons (Fsp3) is 0.613. The molecule has 0 spiro atoms. The van der Waals surface area contributed by atoms with E-state index in [4.69, 9.17) is 0 Å². The van der Waals surface area contributed by atoms with Gasteiger partial charge >= 0.3 is 0 Å². The lowest BCUT2D eigenvalue weighted by Crippen LogP contribution is -2.31. The fourth-order valence-corrected chi connectivity index (χ4v) is 12.7. The van der Waals surface area contributed by atoms with Crippen molar-refractivity contribution >= 4 is 10.0 Å². The zero-order chi connectivity index (χ0) is 23.6. The van der Waals surface area contributed by atoms with Crippen LogP contribution in [0.3, 0.4) is 0 Å². The summed E-state index contributed by atoms with van der Waals surface area (Å²) in [5, 5.41) is 1.58. The Kier molecular flexibility index (Phi) is 6.15. The van der Waals surface area contributed by atoms with Gasteiger partial charge in [-0.25, -0.2) is 10.0 Å². The van der Waals surface area contributed by atoms with E-state index in [0.717, 1.165) is 40.1 Å². The molecule has 0 saturated heterocycles. The highest BCUT2D eigenvalue weighted by molar-refractivity contribution is 8.33. The molecule has 6 unspecified atom stereocenters. The highest BCUT2D eigenvalue weighted by Gasteiger charge is 2.51. The third-order valence-electron chi connectivity index (χ3n) is 9.50. The molecule has 0 amide bonds. The van der Waals surface area contributed by atoms with Crippen molar-refractivity contribution in [3.63, 3.8) is 0 Å². The summed E-state index contributed by atoms with van der Waals surface area (Å²) in [7, 11) is -0.790. The van der Waals surface area contributed by atoms with Crippen LogP contribution in [0.25, 0.3) is 11.1 Å². The van der Waals surface area contributed by atoms with Gasteiger partial charge in [-0.1, -0.05) is 97.9 Å². The number of rotatable bonds is 3. The van der Waals surface area contributed by atoms with E-state index in [1.165, 1.54) is 23.1 Å². The molecule has 0 N–H and O–H groups in total. The lowest BCUT2D eigenvalue weighted by molar-refractivity contribution is 0.352. The molecule has 0 nitrogen and oxygen atoms in total. The molecule has 4 rings (SSSR count). The Morgan fingerprint density at radius 3 is 1.84 bits per heavy atom. The molecule has 2 aliphatic carbocycles. The Morgan fingerprint density at radius 2 is 1.31 bits per heavy atom. The quantitative estimate of drug-likeness (QED) is 0.438. The average Bonchev–Trinajstić information content (AvgIpc) is 3.16. The second kappa shape index (κ2) is 8.23. The summed E-state index contributed by atoms with van der Waals surface area (Å²) in [6, 6.07) is 16.6. The highest BCUT2D eigenvalue weighted by atomic mass is 32.3. The van der Waals surface area contributed by atoms with Crippen LogP contribution in [0.5, 0.6) is 0 Å². The molecule has 0 aliphatic heterocycles. The third kappa shape index (κ3) is 3.77. The van der Waals surface area contributed by atoms with Gasteiger partial charge in [0.1, 0.15) is 0 Å². The molecule has 2 aromatic carbocycles. The summed E-state index contributed by atoms with van der Waals surface area (Å²) in [6.07, 6.45) is 6.58. The molecule has 32 heavy (non-hydrogen) atoms. The Balaban J connectivity index is 1.73. The standard InChI is InChI=1S/C31H46S/c1-19-18-28-26(24-14-16-25(17-15-24)31(6,7)8)12-11-13-27(28)29(19)32(9,10)30-22(4)20(2)21(3)23(30)5/h11-17,19-23,29-30H,18H2,1-10H3. The van der Waals surface area contributed by atoms with Crippen LogP contribution >= 0.6 is 10.0 Å². The molecule has 176 valence electrons. The molecule has 1 fully saturated rings. The normalized spacial score (nSPS) is 33.4. The van der Waals surface area contributed by atoms with E-state index in [1.54, 1.807) is 11.1 Å². The fourth-order valence-electron chi connectivity index (χ4n) is 7.49. The molecule has 0 heterocycles. The second-order valence-electron chi connectivity index (χ2n) is 12.7. The molecule has 0 bridgehead atoms. The van der Waals surface area contributed by atoms with E-state index >= 15 is 0 Å². The first-order valence-corrected chi connectivity index (χ1v) is 15.4. The predicted octanol–water partition coefficient (Wildman–Crippen LogP) is 8.88. The molecular weight excluding hydrogens is 404 g/mol. The van der Waals surface area contributed by atoms with Gasteiger partial charge in [0.25, 0.3) is 0 Å². The van der Waals surface area contributed by atoms with E-state index in [-0.39, 0.29) is 5.41 Å². The van der Waals surface area contributed by atoms with E-state index < -0.39 is 10.0 Å². The molecule has 6 atom stereocenters. The minimum absolute atomic E-state index is 0.201. The van der Waals surface area contributed by atoms with Crippen molar-refractivity contribution in [2.45, 2.75) is 77.7 Å². The minimum Gasteiger partial charge on any atom is -0.236 e. The lowest BCUT2D eigenvalue weighted by atomic mass is 9.86. The Bertz CT molecular complexity index is 947.